The monoisotopic (exact) mass is 463 g/mol. The highest BCUT2D eigenvalue weighted by Crippen LogP contribution is 2.28. The lowest BCUT2D eigenvalue weighted by Gasteiger charge is -2.05. The van der Waals surface area contributed by atoms with Crippen LogP contribution in [-0.2, 0) is 0 Å². The molecule has 0 aliphatic rings. The number of nitrogens with zero attached hydrogens (tertiary/aromatic N) is 7. The molecule has 2 aromatic carbocycles. The molecule has 0 aliphatic heterocycles. The van der Waals surface area contributed by atoms with Crippen LogP contribution in [0.3, 0.4) is 0 Å². The van der Waals surface area contributed by atoms with Gasteiger partial charge in [-0.25, -0.2) is 10.1 Å². The Bertz CT molecular complexity index is 1340. The van der Waals surface area contributed by atoms with Crippen LogP contribution in [0.1, 0.15) is 23.0 Å². The van der Waals surface area contributed by atoms with Crippen molar-refractivity contribution >= 4 is 23.6 Å². The van der Waals surface area contributed by atoms with Crippen molar-refractivity contribution < 1.29 is 19.1 Å². The number of hydrogen-bond donors (Lipinski definition) is 2. The molecule has 0 fully saturated rings. The van der Waals surface area contributed by atoms with Gasteiger partial charge in [0.1, 0.15) is 11.4 Å². The van der Waals surface area contributed by atoms with Crippen molar-refractivity contribution in [2.45, 2.75) is 6.92 Å². The number of carbonyl (C=O) groups excluding carboxylic acids is 1. The average molecular weight is 463 g/mol. The molecule has 14 heteroatoms. The SMILES string of the molecule is CCOc1ccc(C=NNC(=O)c2nnn(-c3nonc3N)c2-c2ccc([N+](=O)[O-])cc2)cc1. The van der Waals surface area contributed by atoms with E-state index in [4.69, 9.17) is 10.5 Å². The number of rotatable bonds is 8. The van der Waals surface area contributed by atoms with Gasteiger partial charge < -0.3 is 10.5 Å². The van der Waals surface area contributed by atoms with Crippen LogP contribution in [0.15, 0.2) is 58.3 Å². The Morgan fingerprint density at radius 1 is 1.24 bits per heavy atom. The second-order valence-corrected chi connectivity index (χ2v) is 6.68. The summed E-state index contributed by atoms with van der Waals surface area (Å²) in [6.45, 7) is 2.44. The fourth-order valence-corrected chi connectivity index (χ4v) is 2.96. The van der Waals surface area contributed by atoms with E-state index in [0.717, 1.165) is 16.0 Å². The zero-order chi connectivity index (χ0) is 24.1. The number of nitro benzene ring substituents is 1. The molecular formula is C20H17N9O5. The summed E-state index contributed by atoms with van der Waals surface area (Å²) in [5, 5.41) is 30.0. The summed E-state index contributed by atoms with van der Waals surface area (Å²) >= 11 is 0. The molecule has 0 aliphatic carbocycles. The van der Waals surface area contributed by atoms with Crippen LogP contribution in [0.5, 0.6) is 5.75 Å². The number of nitro groups is 1. The fraction of sp³-hybridized carbons (Fsp3) is 0.100. The Morgan fingerprint density at radius 2 is 1.97 bits per heavy atom. The van der Waals surface area contributed by atoms with Crippen LogP contribution in [0.2, 0.25) is 0 Å². The average Bonchev–Trinajstić information content (AvgIpc) is 3.46. The summed E-state index contributed by atoms with van der Waals surface area (Å²) < 4.78 is 11.1. The highest BCUT2D eigenvalue weighted by atomic mass is 16.6. The normalized spacial score (nSPS) is 11.0. The second kappa shape index (κ2) is 9.56. The van der Waals surface area contributed by atoms with Crippen LogP contribution >= 0.6 is 0 Å². The third-order valence-corrected chi connectivity index (χ3v) is 4.50. The zero-order valence-corrected chi connectivity index (χ0v) is 17.7. The van der Waals surface area contributed by atoms with Gasteiger partial charge in [0.15, 0.2) is 5.69 Å². The summed E-state index contributed by atoms with van der Waals surface area (Å²) in [6, 6.07) is 12.6. The van der Waals surface area contributed by atoms with E-state index in [9.17, 15) is 14.9 Å². The van der Waals surface area contributed by atoms with Gasteiger partial charge in [0, 0.05) is 17.7 Å². The predicted octanol–water partition coefficient (Wildman–Crippen LogP) is 1.97. The third kappa shape index (κ3) is 4.55. The van der Waals surface area contributed by atoms with E-state index in [1.165, 1.54) is 30.5 Å². The molecule has 2 aromatic heterocycles. The summed E-state index contributed by atoms with van der Waals surface area (Å²) in [6.07, 6.45) is 1.45. The summed E-state index contributed by atoms with van der Waals surface area (Å²) in [5.41, 5.74) is 9.17. The van der Waals surface area contributed by atoms with Gasteiger partial charge in [-0.1, -0.05) is 5.21 Å². The number of ether oxygens (including phenoxy) is 1. The number of nitrogen functional groups attached to an aromatic ring is 1. The van der Waals surface area contributed by atoms with Crippen molar-refractivity contribution in [2.24, 2.45) is 5.10 Å². The molecule has 0 saturated heterocycles. The number of nitrogens with two attached hydrogens (primary N) is 1. The standard InChI is InChI=1S/C20H17N9O5/c1-2-33-15-9-3-12(4-10-15)11-22-24-20(30)16-17(13-5-7-14(8-6-13)29(31)32)28(27-23-16)19-18(21)25-34-26-19/h3-11H,2H2,1H3,(H2,21,25)(H,24,30). The van der Waals surface area contributed by atoms with Gasteiger partial charge in [-0.05, 0) is 59.2 Å². The smallest absolute Gasteiger partial charge is 0.294 e. The topological polar surface area (TPSA) is 189 Å². The van der Waals surface area contributed by atoms with E-state index in [1.54, 1.807) is 24.3 Å². The molecule has 4 aromatic rings. The molecule has 0 atom stereocenters. The Kier molecular flexibility index (Phi) is 6.20. The van der Waals surface area contributed by atoms with Gasteiger partial charge in [-0.3, -0.25) is 14.9 Å². The molecule has 2 heterocycles. The molecule has 0 bridgehead atoms. The molecule has 0 unspecified atom stereocenters. The Balaban J connectivity index is 1.63. The van der Waals surface area contributed by atoms with Crippen LogP contribution in [0.25, 0.3) is 17.1 Å². The molecule has 0 spiro atoms. The van der Waals surface area contributed by atoms with Crippen molar-refractivity contribution in [3.05, 3.63) is 69.9 Å². The number of carbonyl (C=O) groups is 1. The lowest BCUT2D eigenvalue weighted by atomic mass is 10.1. The maximum Gasteiger partial charge on any atom is 0.294 e. The van der Waals surface area contributed by atoms with Crippen molar-refractivity contribution in [3.8, 4) is 22.8 Å². The summed E-state index contributed by atoms with van der Waals surface area (Å²) in [5.74, 6) is -0.0576. The first kappa shape index (κ1) is 22.1. The number of hydrogen-bond acceptors (Lipinski definition) is 11. The summed E-state index contributed by atoms with van der Waals surface area (Å²) in [4.78, 5) is 23.3. The van der Waals surface area contributed by atoms with Gasteiger partial charge in [0.2, 0.25) is 11.6 Å². The first-order chi connectivity index (χ1) is 16.5. The van der Waals surface area contributed by atoms with E-state index in [-0.39, 0.29) is 28.7 Å². The fourth-order valence-electron chi connectivity index (χ4n) is 2.96. The highest BCUT2D eigenvalue weighted by molar-refractivity contribution is 5.98. The number of nitrogens with one attached hydrogen (secondary N) is 1. The molecule has 34 heavy (non-hydrogen) atoms. The van der Waals surface area contributed by atoms with Gasteiger partial charge in [-0.15, -0.1) is 5.10 Å². The van der Waals surface area contributed by atoms with Crippen molar-refractivity contribution in [1.82, 2.24) is 30.7 Å². The zero-order valence-electron chi connectivity index (χ0n) is 17.7. The minimum Gasteiger partial charge on any atom is -0.494 e. The number of non-ortho nitro benzene ring substituents is 1. The van der Waals surface area contributed by atoms with Crippen molar-refractivity contribution in [3.63, 3.8) is 0 Å². The van der Waals surface area contributed by atoms with Crippen LogP contribution in [-0.4, -0.2) is 49.0 Å². The first-order valence-electron chi connectivity index (χ1n) is 9.83. The minimum atomic E-state index is -0.684. The molecular weight excluding hydrogens is 446 g/mol. The van der Waals surface area contributed by atoms with Crippen LogP contribution in [0, 0.1) is 10.1 Å². The lowest BCUT2D eigenvalue weighted by Crippen LogP contribution is -2.19. The molecule has 0 radical (unpaired) electrons. The van der Waals surface area contributed by atoms with E-state index >= 15 is 0 Å². The number of aromatic nitrogens is 5. The van der Waals surface area contributed by atoms with E-state index < -0.39 is 10.8 Å². The van der Waals surface area contributed by atoms with Gasteiger partial charge in [0.25, 0.3) is 11.6 Å². The maximum absolute atomic E-state index is 12.9. The quantitative estimate of drug-likeness (QED) is 0.222. The van der Waals surface area contributed by atoms with Gasteiger partial charge >= 0.3 is 0 Å². The number of amides is 1. The number of anilines is 1. The number of hydrazone groups is 1. The molecule has 172 valence electrons. The third-order valence-electron chi connectivity index (χ3n) is 4.50. The minimum absolute atomic E-state index is 0.00204. The first-order valence-corrected chi connectivity index (χ1v) is 9.83. The molecule has 4 rings (SSSR count). The Labute approximate surface area is 191 Å². The summed E-state index contributed by atoms with van der Waals surface area (Å²) in [7, 11) is 0. The van der Waals surface area contributed by atoms with E-state index in [1.807, 2.05) is 6.92 Å². The largest absolute Gasteiger partial charge is 0.494 e. The van der Waals surface area contributed by atoms with Crippen molar-refractivity contribution in [2.75, 3.05) is 12.3 Å². The van der Waals surface area contributed by atoms with Gasteiger partial charge in [-0.2, -0.15) is 9.78 Å². The Morgan fingerprint density at radius 3 is 2.59 bits per heavy atom. The maximum atomic E-state index is 12.9. The van der Waals surface area contributed by atoms with E-state index in [2.05, 4.69) is 35.8 Å². The van der Waals surface area contributed by atoms with E-state index in [0.29, 0.717) is 12.2 Å². The predicted molar refractivity (Wildman–Crippen MR) is 118 cm³/mol. The van der Waals surface area contributed by atoms with Gasteiger partial charge in [0.05, 0.1) is 17.7 Å². The number of benzene rings is 2. The van der Waals surface area contributed by atoms with Crippen LogP contribution < -0.4 is 15.9 Å². The molecule has 14 nitrogen and oxygen atoms in total. The molecule has 0 saturated carbocycles. The highest BCUT2D eigenvalue weighted by Gasteiger charge is 2.25. The molecule has 3 N–H and O–H groups in total. The Hall–Kier alpha value is -5.14. The van der Waals surface area contributed by atoms with Crippen molar-refractivity contribution in [1.29, 1.82) is 0 Å². The second-order valence-electron chi connectivity index (χ2n) is 6.68. The van der Waals surface area contributed by atoms with Crippen LogP contribution in [0.4, 0.5) is 11.5 Å². The molecule has 1 amide bonds. The lowest BCUT2D eigenvalue weighted by molar-refractivity contribution is -0.384.